The molecule has 0 N–H and O–H groups in total. The zero-order chi connectivity index (χ0) is 15.1. The summed E-state index contributed by atoms with van der Waals surface area (Å²) in [6.45, 7) is 10.3. The summed E-state index contributed by atoms with van der Waals surface area (Å²) in [6.07, 6.45) is 0.373. The fourth-order valence-corrected chi connectivity index (χ4v) is 2.72. The highest BCUT2D eigenvalue weighted by molar-refractivity contribution is 6.30. The second kappa shape index (κ2) is 8.28. The average Bonchev–Trinajstić information content (AvgIpc) is 2.39. The molecular weight excluding hydrogens is 274 g/mol. The third-order valence-corrected chi connectivity index (χ3v) is 3.74. The molecule has 0 aliphatic rings. The van der Waals surface area contributed by atoms with Crippen LogP contribution >= 0.6 is 11.6 Å². The lowest BCUT2D eigenvalue weighted by Gasteiger charge is -2.30. The molecule has 0 aromatic heterocycles. The van der Waals surface area contributed by atoms with Crippen molar-refractivity contribution >= 4 is 17.6 Å². The molecule has 1 atom stereocenters. The van der Waals surface area contributed by atoms with Crippen molar-refractivity contribution in [2.24, 2.45) is 0 Å². The smallest absolute Gasteiger partial charge is 0.307 e. The third kappa shape index (κ3) is 4.50. The minimum atomic E-state index is -0.154. The van der Waals surface area contributed by atoms with Crippen molar-refractivity contribution in [2.75, 3.05) is 19.7 Å². The van der Waals surface area contributed by atoms with E-state index in [0.29, 0.717) is 13.0 Å². The van der Waals surface area contributed by atoms with E-state index in [0.717, 1.165) is 29.2 Å². The van der Waals surface area contributed by atoms with Crippen molar-refractivity contribution in [2.45, 2.75) is 40.2 Å². The van der Waals surface area contributed by atoms with E-state index in [2.05, 4.69) is 18.7 Å². The van der Waals surface area contributed by atoms with Gasteiger partial charge in [-0.2, -0.15) is 0 Å². The van der Waals surface area contributed by atoms with Crippen molar-refractivity contribution in [1.82, 2.24) is 4.90 Å². The van der Waals surface area contributed by atoms with Gasteiger partial charge in [-0.1, -0.05) is 31.5 Å². The summed E-state index contributed by atoms with van der Waals surface area (Å²) in [5.41, 5.74) is 2.25. The highest BCUT2D eigenvalue weighted by Gasteiger charge is 2.23. The number of hydrogen-bond donors (Lipinski definition) is 0. The molecule has 0 bridgehead atoms. The van der Waals surface area contributed by atoms with Crippen LogP contribution in [0.15, 0.2) is 18.2 Å². The van der Waals surface area contributed by atoms with Crippen molar-refractivity contribution in [3.63, 3.8) is 0 Å². The SMILES string of the molecule is CCOC(=O)CC(c1ccc(Cl)cc1C)N(CC)CC. The van der Waals surface area contributed by atoms with Gasteiger partial charge < -0.3 is 4.74 Å². The Kier molecular flexibility index (Phi) is 7.03. The van der Waals surface area contributed by atoms with E-state index in [1.807, 2.05) is 32.0 Å². The van der Waals surface area contributed by atoms with Crippen LogP contribution in [0.1, 0.15) is 44.4 Å². The maximum atomic E-state index is 11.9. The van der Waals surface area contributed by atoms with Crippen LogP contribution in [0.3, 0.4) is 0 Å². The molecule has 0 heterocycles. The zero-order valence-electron chi connectivity index (χ0n) is 12.8. The van der Waals surface area contributed by atoms with Gasteiger partial charge in [0.25, 0.3) is 0 Å². The van der Waals surface area contributed by atoms with Gasteiger partial charge in [0.1, 0.15) is 0 Å². The molecule has 0 saturated heterocycles. The van der Waals surface area contributed by atoms with Gasteiger partial charge in [-0.25, -0.2) is 0 Å². The number of rotatable bonds is 7. The van der Waals surface area contributed by atoms with Gasteiger partial charge >= 0.3 is 5.97 Å². The summed E-state index contributed by atoms with van der Waals surface area (Å²) in [5, 5.41) is 0.723. The standard InChI is InChI=1S/C16H24ClNO2/c1-5-18(6-2)15(11-16(19)20-7-3)14-9-8-13(17)10-12(14)4/h8-10,15H,5-7,11H2,1-4H3. The normalized spacial score (nSPS) is 12.5. The first-order chi connectivity index (χ1) is 9.53. The highest BCUT2D eigenvalue weighted by atomic mass is 35.5. The van der Waals surface area contributed by atoms with E-state index in [4.69, 9.17) is 16.3 Å². The minimum Gasteiger partial charge on any atom is -0.466 e. The van der Waals surface area contributed by atoms with Crippen LogP contribution in [-0.2, 0) is 9.53 Å². The zero-order valence-corrected chi connectivity index (χ0v) is 13.5. The summed E-state index contributed by atoms with van der Waals surface area (Å²) < 4.78 is 5.10. The summed E-state index contributed by atoms with van der Waals surface area (Å²) in [7, 11) is 0. The second-order valence-corrected chi connectivity index (χ2v) is 5.18. The number of ether oxygens (including phenoxy) is 1. The summed E-state index contributed by atoms with van der Waals surface area (Å²) in [6, 6.07) is 5.88. The van der Waals surface area contributed by atoms with E-state index in [1.165, 1.54) is 0 Å². The second-order valence-electron chi connectivity index (χ2n) is 4.75. The Morgan fingerprint density at radius 1 is 1.30 bits per heavy atom. The summed E-state index contributed by atoms with van der Waals surface area (Å²) in [4.78, 5) is 14.1. The molecule has 0 saturated carbocycles. The van der Waals surface area contributed by atoms with Gasteiger partial charge in [0.2, 0.25) is 0 Å². The molecule has 1 aromatic rings. The molecule has 0 spiro atoms. The lowest BCUT2D eigenvalue weighted by atomic mass is 9.97. The molecule has 0 aliphatic carbocycles. The molecule has 4 heteroatoms. The van der Waals surface area contributed by atoms with Gasteiger partial charge in [-0.15, -0.1) is 0 Å². The molecule has 0 amide bonds. The Bertz CT molecular complexity index is 444. The van der Waals surface area contributed by atoms with E-state index >= 15 is 0 Å². The lowest BCUT2D eigenvalue weighted by Crippen LogP contribution is -2.31. The molecule has 0 aliphatic heterocycles. The predicted molar refractivity (Wildman–Crippen MR) is 83.1 cm³/mol. The fourth-order valence-electron chi connectivity index (χ4n) is 2.49. The van der Waals surface area contributed by atoms with Gasteiger partial charge in [0.05, 0.1) is 13.0 Å². The minimum absolute atomic E-state index is 0.0429. The summed E-state index contributed by atoms with van der Waals surface area (Å²) in [5.74, 6) is -0.154. The topological polar surface area (TPSA) is 29.5 Å². The van der Waals surface area contributed by atoms with Crippen LogP contribution < -0.4 is 0 Å². The van der Waals surface area contributed by atoms with Crippen molar-refractivity contribution in [3.8, 4) is 0 Å². The first-order valence-corrected chi connectivity index (χ1v) is 7.56. The molecule has 1 unspecified atom stereocenters. The summed E-state index contributed by atoms with van der Waals surface area (Å²) >= 11 is 6.02. The van der Waals surface area contributed by atoms with E-state index in [-0.39, 0.29) is 12.0 Å². The van der Waals surface area contributed by atoms with Crippen molar-refractivity contribution in [1.29, 1.82) is 0 Å². The molecular formula is C16H24ClNO2. The van der Waals surface area contributed by atoms with E-state index in [9.17, 15) is 4.79 Å². The number of aryl methyl sites for hydroxylation is 1. The maximum absolute atomic E-state index is 11.9. The quantitative estimate of drug-likeness (QED) is 0.713. The van der Waals surface area contributed by atoms with Gasteiger partial charge in [-0.3, -0.25) is 9.69 Å². The molecule has 1 rings (SSSR count). The third-order valence-electron chi connectivity index (χ3n) is 3.51. The number of nitrogens with zero attached hydrogens (tertiary/aromatic N) is 1. The maximum Gasteiger partial charge on any atom is 0.307 e. The monoisotopic (exact) mass is 297 g/mol. The molecule has 3 nitrogen and oxygen atoms in total. The first kappa shape index (κ1) is 17.0. The van der Waals surface area contributed by atoms with Crippen LogP contribution in [0.5, 0.6) is 0 Å². The number of benzene rings is 1. The van der Waals surface area contributed by atoms with Crippen LogP contribution in [0.4, 0.5) is 0 Å². The lowest BCUT2D eigenvalue weighted by molar-refractivity contribution is -0.144. The van der Waals surface area contributed by atoms with Crippen LogP contribution in [0.25, 0.3) is 0 Å². The number of esters is 1. The Morgan fingerprint density at radius 3 is 2.45 bits per heavy atom. The molecule has 0 radical (unpaired) electrons. The number of halogens is 1. The van der Waals surface area contributed by atoms with Crippen LogP contribution in [0, 0.1) is 6.92 Å². The highest BCUT2D eigenvalue weighted by Crippen LogP contribution is 2.29. The first-order valence-electron chi connectivity index (χ1n) is 7.19. The Balaban J connectivity index is 3.05. The largest absolute Gasteiger partial charge is 0.466 e. The number of carbonyl (C=O) groups is 1. The predicted octanol–water partition coefficient (Wildman–Crippen LogP) is 3.98. The van der Waals surface area contributed by atoms with Crippen LogP contribution in [-0.4, -0.2) is 30.6 Å². The van der Waals surface area contributed by atoms with Gasteiger partial charge in [0, 0.05) is 11.1 Å². The molecule has 112 valence electrons. The Labute approximate surface area is 126 Å². The number of carbonyl (C=O) groups excluding carboxylic acids is 1. The fraction of sp³-hybridized carbons (Fsp3) is 0.562. The Hall–Kier alpha value is -1.06. The molecule has 1 aromatic carbocycles. The molecule has 0 fully saturated rings. The van der Waals surface area contributed by atoms with Crippen LogP contribution in [0.2, 0.25) is 5.02 Å². The average molecular weight is 298 g/mol. The Morgan fingerprint density at radius 2 is 1.95 bits per heavy atom. The van der Waals surface area contributed by atoms with Crippen molar-refractivity contribution < 1.29 is 9.53 Å². The van der Waals surface area contributed by atoms with E-state index in [1.54, 1.807) is 0 Å². The van der Waals surface area contributed by atoms with E-state index < -0.39 is 0 Å². The molecule has 20 heavy (non-hydrogen) atoms. The van der Waals surface area contributed by atoms with Gasteiger partial charge in [-0.05, 0) is 50.2 Å². The van der Waals surface area contributed by atoms with Crippen molar-refractivity contribution in [3.05, 3.63) is 34.3 Å². The number of hydrogen-bond acceptors (Lipinski definition) is 3. The van der Waals surface area contributed by atoms with Gasteiger partial charge in [0.15, 0.2) is 0 Å².